The largest absolute Gasteiger partial charge is 0.573 e. The number of aliphatic hydroxyl groups excluding tert-OH is 1. The second-order valence-corrected chi connectivity index (χ2v) is 13.9. The first-order valence-electron chi connectivity index (χ1n) is 14.8. The Morgan fingerprint density at radius 2 is 1.95 bits per heavy atom. The third-order valence-electron chi connectivity index (χ3n) is 10.7. The molecule has 0 amide bonds. The Bertz CT molecular complexity index is 1310. The van der Waals surface area contributed by atoms with Crippen molar-refractivity contribution in [2.75, 3.05) is 5.75 Å². The number of fused-ring (bicyclic) bond motifs is 7. The first kappa shape index (κ1) is 29.9. The molecule has 3 saturated carbocycles. The molecule has 6 nitrogen and oxygen atoms in total. The van der Waals surface area contributed by atoms with Gasteiger partial charge in [0.1, 0.15) is 5.75 Å². The fourth-order valence-electron chi connectivity index (χ4n) is 9.00. The van der Waals surface area contributed by atoms with Crippen LogP contribution in [0.2, 0.25) is 0 Å². The zero-order chi connectivity index (χ0) is 30.1. The summed E-state index contributed by atoms with van der Waals surface area (Å²) in [7, 11) is 0. The molecular formula is C32H37F3O6S. The van der Waals surface area contributed by atoms with E-state index in [1.54, 1.807) is 12.2 Å². The Hall–Kier alpha value is -2.14. The molecule has 1 saturated heterocycles. The van der Waals surface area contributed by atoms with Gasteiger partial charge in [0.2, 0.25) is 0 Å². The molecular weight excluding hydrogens is 569 g/mol. The van der Waals surface area contributed by atoms with Gasteiger partial charge in [-0.2, -0.15) is 0 Å². The van der Waals surface area contributed by atoms with Crippen molar-refractivity contribution in [3.05, 3.63) is 48.1 Å². The molecule has 228 valence electrons. The van der Waals surface area contributed by atoms with Crippen molar-refractivity contribution < 1.29 is 42.1 Å². The molecule has 1 aliphatic heterocycles. The number of ketones is 2. The second-order valence-electron chi connectivity index (χ2n) is 12.9. The van der Waals surface area contributed by atoms with Crippen molar-refractivity contribution in [2.24, 2.45) is 28.6 Å². The molecule has 1 aromatic rings. The number of carbonyl (C=O) groups is 2. The van der Waals surface area contributed by atoms with Gasteiger partial charge in [0.25, 0.3) is 0 Å². The molecule has 1 heterocycles. The highest BCUT2D eigenvalue weighted by molar-refractivity contribution is 8.00. The van der Waals surface area contributed by atoms with Gasteiger partial charge >= 0.3 is 6.36 Å². The van der Waals surface area contributed by atoms with Gasteiger partial charge in [-0.1, -0.05) is 38.8 Å². The Labute approximate surface area is 248 Å². The highest BCUT2D eigenvalue weighted by Gasteiger charge is 2.75. The molecule has 5 aliphatic rings. The predicted molar refractivity (Wildman–Crippen MR) is 150 cm³/mol. The van der Waals surface area contributed by atoms with Gasteiger partial charge in [-0.25, -0.2) is 0 Å². The lowest BCUT2D eigenvalue weighted by atomic mass is 9.46. The van der Waals surface area contributed by atoms with Crippen molar-refractivity contribution in [1.82, 2.24) is 0 Å². The van der Waals surface area contributed by atoms with E-state index in [1.807, 2.05) is 13.0 Å². The second kappa shape index (κ2) is 10.5. The van der Waals surface area contributed by atoms with Crippen LogP contribution < -0.4 is 4.74 Å². The van der Waals surface area contributed by atoms with Crippen LogP contribution in [0.3, 0.4) is 0 Å². The maximum atomic E-state index is 14.3. The third-order valence-corrected chi connectivity index (χ3v) is 11.7. The van der Waals surface area contributed by atoms with E-state index in [0.29, 0.717) is 24.2 Å². The predicted octanol–water partition coefficient (Wildman–Crippen LogP) is 6.42. The van der Waals surface area contributed by atoms with Crippen LogP contribution in [0.1, 0.15) is 59.3 Å². The highest BCUT2D eigenvalue weighted by atomic mass is 32.2. The number of aliphatic hydroxyl groups is 1. The lowest BCUT2D eigenvalue weighted by molar-refractivity contribution is -0.274. The number of thioether (sulfide) groups is 1. The molecule has 0 bridgehead atoms. The summed E-state index contributed by atoms with van der Waals surface area (Å²) in [6, 6.07) is 5.48. The number of ether oxygens (including phenoxy) is 3. The maximum Gasteiger partial charge on any atom is 0.573 e. The van der Waals surface area contributed by atoms with Crippen LogP contribution in [0.15, 0.2) is 53.0 Å². The summed E-state index contributed by atoms with van der Waals surface area (Å²) < 4.78 is 54.8. The monoisotopic (exact) mass is 606 g/mol. The number of rotatable bonds is 7. The topological polar surface area (TPSA) is 82.1 Å². The third kappa shape index (κ3) is 4.68. The van der Waals surface area contributed by atoms with Crippen molar-refractivity contribution in [3.8, 4) is 5.75 Å². The summed E-state index contributed by atoms with van der Waals surface area (Å²) in [4.78, 5) is 27.1. The number of benzene rings is 1. The normalized spacial score (nSPS) is 40.5. The fourth-order valence-corrected chi connectivity index (χ4v) is 9.84. The minimum atomic E-state index is -4.77. The molecule has 10 heteroatoms. The average molecular weight is 607 g/mol. The van der Waals surface area contributed by atoms with Gasteiger partial charge in [-0.15, -0.1) is 24.9 Å². The van der Waals surface area contributed by atoms with Crippen LogP contribution in [-0.4, -0.2) is 52.9 Å². The summed E-state index contributed by atoms with van der Waals surface area (Å²) >= 11 is 1.24. The van der Waals surface area contributed by atoms with Gasteiger partial charge in [-0.05, 0) is 80.4 Å². The standard InChI is InChI=1S/C32H37F3O6S/c1-4-5-27-39-26-15-23-22-11-6-18-14-19(36)12-13-29(18,2)28(22)24(37)16-30(23,3)31(26,41-27)25(38)17-42-21-9-7-20(8-10-21)40-32(33,34)35/h7-10,12-14,22-24,26-28,37H,4-6,11,15-17H2,1-3H3/t22?,23?,24?,26-,27?,28?,29?,30?,31-/m1/s1. The first-order chi connectivity index (χ1) is 19.8. The van der Waals surface area contributed by atoms with Crippen LogP contribution in [0.4, 0.5) is 13.2 Å². The number of hydrogen-bond donors (Lipinski definition) is 1. The summed E-state index contributed by atoms with van der Waals surface area (Å²) in [6.45, 7) is 6.23. The lowest BCUT2D eigenvalue weighted by Crippen LogP contribution is -2.63. The summed E-state index contributed by atoms with van der Waals surface area (Å²) in [6.07, 6.45) is 2.98. The molecule has 0 spiro atoms. The van der Waals surface area contributed by atoms with E-state index in [4.69, 9.17) is 9.47 Å². The SMILES string of the molecule is CCCC1O[C@@H]2CC3C4CCC5=CC(=O)C=CC5(C)C4C(O)CC3(C)[C@]2(C(=O)CSc2ccc(OC(F)(F)F)cc2)O1. The zero-order valence-electron chi connectivity index (χ0n) is 24.0. The van der Waals surface area contributed by atoms with Gasteiger partial charge in [0, 0.05) is 21.6 Å². The van der Waals surface area contributed by atoms with Crippen molar-refractivity contribution in [3.63, 3.8) is 0 Å². The molecule has 0 radical (unpaired) electrons. The van der Waals surface area contributed by atoms with Crippen LogP contribution in [0.5, 0.6) is 5.75 Å². The zero-order valence-corrected chi connectivity index (χ0v) is 24.8. The summed E-state index contributed by atoms with van der Waals surface area (Å²) in [5, 5.41) is 11.8. The molecule has 42 heavy (non-hydrogen) atoms. The maximum absolute atomic E-state index is 14.3. The van der Waals surface area contributed by atoms with E-state index in [1.165, 1.54) is 36.0 Å². The van der Waals surface area contributed by atoms with Crippen LogP contribution in [0.25, 0.3) is 0 Å². The first-order valence-corrected chi connectivity index (χ1v) is 15.8. The molecule has 0 aromatic heterocycles. The number of allylic oxidation sites excluding steroid dienone is 4. The van der Waals surface area contributed by atoms with E-state index in [0.717, 1.165) is 24.8 Å². The summed E-state index contributed by atoms with van der Waals surface area (Å²) in [5.41, 5.74) is -1.25. The van der Waals surface area contributed by atoms with Crippen molar-refractivity contribution in [2.45, 2.75) is 94.7 Å². The number of halogens is 3. The minimum absolute atomic E-state index is 0.0141. The van der Waals surface area contributed by atoms with Crippen molar-refractivity contribution >= 4 is 23.3 Å². The molecule has 1 N–H and O–H groups in total. The highest BCUT2D eigenvalue weighted by Crippen LogP contribution is 2.69. The Morgan fingerprint density at radius 3 is 2.64 bits per heavy atom. The minimum Gasteiger partial charge on any atom is -0.406 e. The number of hydrogen-bond acceptors (Lipinski definition) is 7. The fraction of sp³-hybridized carbons (Fsp3) is 0.625. The smallest absolute Gasteiger partial charge is 0.406 e. The van der Waals surface area contributed by atoms with Gasteiger partial charge in [-0.3, -0.25) is 9.59 Å². The van der Waals surface area contributed by atoms with Crippen molar-refractivity contribution in [1.29, 1.82) is 0 Å². The van der Waals surface area contributed by atoms with Crippen LogP contribution in [0, 0.1) is 28.6 Å². The summed E-state index contributed by atoms with van der Waals surface area (Å²) in [5.74, 6) is -0.271. The van der Waals surface area contributed by atoms with E-state index in [2.05, 4.69) is 18.6 Å². The van der Waals surface area contributed by atoms with E-state index in [-0.39, 0.29) is 40.8 Å². The molecule has 9 atom stereocenters. The van der Waals surface area contributed by atoms with E-state index < -0.39 is 41.3 Å². The number of alkyl halides is 3. The van der Waals surface area contributed by atoms with Gasteiger partial charge < -0.3 is 19.3 Å². The molecule has 4 fully saturated rings. The quantitative estimate of drug-likeness (QED) is 0.359. The molecule has 1 aromatic carbocycles. The van der Waals surface area contributed by atoms with Crippen LogP contribution in [-0.2, 0) is 19.1 Å². The number of carbonyl (C=O) groups excluding carboxylic acids is 2. The van der Waals surface area contributed by atoms with E-state index >= 15 is 0 Å². The Kier molecular flexibility index (Phi) is 7.47. The average Bonchev–Trinajstić information content (AvgIpc) is 3.39. The lowest BCUT2D eigenvalue weighted by Gasteiger charge is -2.59. The number of Topliss-reactive ketones (excluding diaryl/α,β-unsaturated/α-hetero) is 1. The van der Waals surface area contributed by atoms with Crippen LogP contribution >= 0.6 is 11.8 Å². The molecule has 6 rings (SSSR count). The Morgan fingerprint density at radius 1 is 1.21 bits per heavy atom. The molecule has 4 aliphatic carbocycles. The molecule has 7 unspecified atom stereocenters. The van der Waals surface area contributed by atoms with Gasteiger partial charge in [0.05, 0.1) is 18.0 Å². The van der Waals surface area contributed by atoms with Gasteiger partial charge in [0.15, 0.2) is 23.5 Å². The Balaban J connectivity index is 1.28. The van der Waals surface area contributed by atoms with E-state index in [9.17, 15) is 27.9 Å².